The van der Waals surface area contributed by atoms with Crippen molar-refractivity contribution in [1.82, 2.24) is 0 Å². The summed E-state index contributed by atoms with van der Waals surface area (Å²) >= 11 is 0. The van der Waals surface area contributed by atoms with E-state index in [4.69, 9.17) is 0 Å². The molecule has 1 saturated carbocycles. The molecule has 0 saturated heterocycles. The van der Waals surface area contributed by atoms with Gasteiger partial charge in [0.25, 0.3) is 0 Å². The van der Waals surface area contributed by atoms with E-state index in [0.29, 0.717) is 18.1 Å². The number of fused-ring (bicyclic) bond motifs is 1. The van der Waals surface area contributed by atoms with Crippen molar-refractivity contribution in [3.8, 4) is 0 Å². The maximum atomic E-state index is 12.7. The van der Waals surface area contributed by atoms with Crippen LogP contribution in [-0.2, 0) is 4.79 Å². The molecule has 0 aromatic heterocycles. The molecule has 22 heavy (non-hydrogen) atoms. The molecular formula is C20H32O2. The second-order valence-electron chi connectivity index (χ2n) is 8.72. The minimum Gasteiger partial charge on any atom is -0.386 e. The Bertz CT molecular complexity index is 498. The molecular weight excluding hydrogens is 272 g/mol. The molecule has 0 heterocycles. The Morgan fingerprint density at radius 3 is 2.64 bits per heavy atom. The second-order valence-corrected chi connectivity index (χ2v) is 8.72. The Balaban J connectivity index is 2.34. The number of carbonyl (C=O) groups excluding carboxylic acids is 1. The molecule has 0 amide bonds. The maximum absolute atomic E-state index is 12.7. The molecule has 0 aliphatic heterocycles. The molecule has 4 atom stereocenters. The third-order valence-corrected chi connectivity index (χ3v) is 6.36. The first-order valence-electron chi connectivity index (χ1n) is 8.61. The molecule has 2 aliphatic carbocycles. The zero-order chi connectivity index (χ0) is 16.8. The van der Waals surface area contributed by atoms with Crippen molar-refractivity contribution in [3.05, 3.63) is 24.3 Å². The minimum absolute atomic E-state index is 0.0227. The van der Waals surface area contributed by atoms with Gasteiger partial charge in [0.15, 0.2) is 5.78 Å². The SMILES string of the molecule is C=C[C@@](C)(O)CC[C@H]1C(C)=CC(=O)[C@H]2C(C)(C)CCC[C@]12C. The van der Waals surface area contributed by atoms with Gasteiger partial charge in [-0.3, -0.25) is 4.79 Å². The van der Waals surface area contributed by atoms with Crippen molar-refractivity contribution >= 4 is 5.78 Å². The predicted molar refractivity (Wildman–Crippen MR) is 91.5 cm³/mol. The highest BCUT2D eigenvalue weighted by Crippen LogP contribution is 2.59. The van der Waals surface area contributed by atoms with Crippen molar-refractivity contribution in [1.29, 1.82) is 0 Å². The Labute approximate surface area is 135 Å². The highest BCUT2D eigenvalue weighted by molar-refractivity contribution is 5.94. The van der Waals surface area contributed by atoms with E-state index >= 15 is 0 Å². The lowest BCUT2D eigenvalue weighted by Crippen LogP contribution is -2.52. The average Bonchev–Trinajstić information content (AvgIpc) is 2.36. The first-order valence-corrected chi connectivity index (χ1v) is 8.61. The van der Waals surface area contributed by atoms with Crippen LogP contribution in [0.25, 0.3) is 0 Å². The Morgan fingerprint density at radius 2 is 2.05 bits per heavy atom. The number of hydrogen-bond donors (Lipinski definition) is 1. The molecule has 0 radical (unpaired) electrons. The van der Waals surface area contributed by atoms with Gasteiger partial charge in [-0.1, -0.05) is 38.8 Å². The van der Waals surface area contributed by atoms with E-state index in [9.17, 15) is 9.90 Å². The Hall–Kier alpha value is -0.890. The van der Waals surface area contributed by atoms with Crippen LogP contribution in [0, 0.1) is 22.7 Å². The summed E-state index contributed by atoms with van der Waals surface area (Å²) < 4.78 is 0. The van der Waals surface area contributed by atoms with Gasteiger partial charge in [-0.05, 0) is 62.4 Å². The fourth-order valence-corrected chi connectivity index (χ4v) is 5.22. The number of aliphatic hydroxyl groups is 1. The van der Waals surface area contributed by atoms with Crippen molar-refractivity contribution in [2.45, 2.75) is 72.3 Å². The van der Waals surface area contributed by atoms with E-state index in [1.165, 1.54) is 12.0 Å². The lowest BCUT2D eigenvalue weighted by Gasteiger charge is -2.56. The molecule has 2 rings (SSSR count). The topological polar surface area (TPSA) is 37.3 Å². The number of hydrogen-bond acceptors (Lipinski definition) is 2. The van der Waals surface area contributed by atoms with Crippen LogP contribution in [0.1, 0.15) is 66.7 Å². The van der Waals surface area contributed by atoms with Gasteiger partial charge in [0.2, 0.25) is 0 Å². The number of rotatable bonds is 4. The standard InChI is InChI=1S/C20H32O2/c1-7-19(5,22)12-9-15-14(2)13-16(21)17-18(3,4)10-8-11-20(15,17)6/h7,13,15,17,22H,1,8-12H2,2-6H3/t15-,17-,19+,20+/m0/s1. The monoisotopic (exact) mass is 304 g/mol. The van der Waals surface area contributed by atoms with Crippen molar-refractivity contribution in [2.75, 3.05) is 0 Å². The van der Waals surface area contributed by atoms with E-state index < -0.39 is 5.60 Å². The summed E-state index contributed by atoms with van der Waals surface area (Å²) in [6.07, 6.45) is 8.55. The third kappa shape index (κ3) is 2.95. The largest absolute Gasteiger partial charge is 0.386 e. The molecule has 0 unspecified atom stereocenters. The van der Waals surface area contributed by atoms with E-state index in [1.807, 2.05) is 13.0 Å². The van der Waals surface area contributed by atoms with Crippen LogP contribution >= 0.6 is 0 Å². The zero-order valence-corrected chi connectivity index (χ0v) is 14.9. The molecule has 0 aromatic carbocycles. The molecule has 2 nitrogen and oxygen atoms in total. The summed E-state index contributed by atoms with van der Waals surface area (Å²) in [5.41, 5.74) is 0.467. The van der Waals surface area contributed by atoms with Gasteiger partial charge in [0, 0.05) is 5.92 Å². The van der Waals surface area contributed by atoms with Crippen LogP contribution in [-0.4, -0.2) is 16.5 Å². The minimum atomic E-state index is -0.822. The zero-order valence-electron chi connectivity index (χ0n) is 14.9. The summed E-state index contributed by atoms with van der Waals surface area (Å²) in [5, 5.41) is 10.3. The van der Waals surface area contributed by atoms with E-state index in [2.05, 4.69) is 34.3 Å². The summed E-state index contributed by atoms with van der Waals surface area (Å²) in [5.74, 6) is 0.800. The molecule has 0 spiro atoms. The molecule has 1 N–H and O–H groups in total. The van der Waals surface area contributed by atoms with Crippen LogP contribution < -0.4 is 0 Å². The van der Waals surface area contributed by atoms with Crippen LogP contribution in [0.4, 0.5) is 0 Å². The van der Waals surface area contributed by atoms with Crippen LogP contribution in [0.3, 0.4) is 0 Å². The number of ketones is 1. The number of carbonyl (C=O) groups is 1. The van der Waals surface area contributed by atoms with Crippen molar-refractivity contribution in [3.63, 3.8) is 0 Å². The summed E-state index contributed by atoms with van der Waals surface area (Å²) in [6, 6.07) is 0. The third-order valence-electron chi connectivity index (χ3n) is 6.36. The van der Waals surface area contributed by atoms with Gasteiger partial charge in [-0.25, -0.2) is 0 Å². The molecule has 0 aromatic rings. The van der Waals surface area contributed by atoms with Gasteiger partial charge < -0.3 is 5.11 Å². The summed E-state index contributed by atoms with van der Waals surface area (Å²) in [4.78, 5) is 12.7. The highest BCUT2D eigenvalue weighted by Gasteiger charge is 2.55. The quantitative estimate of drug-likeness (QED) is 0.766. The Morgan fingerprint density at radius 1 is 1.41 bits per heavy atom. The smallest absolute Gasteiger partial charge is 0.159 e. The van der Waals surface area contributed by atoms with Gasteiger partial charge in [0.05, 0.1) is 5.60 Å². The van der Waals surface area contributed by atoms with E-state index in [1.54, 1.807) is 6.08 Å². The second kappa shape index (κ2) is 5.63. The normalized spacial score (nSPS) is 37.0. The lowest BCUT2D eigenvalue weighted by molar-refractivity contribution is -0.136. The Kier molecular flexibility index (Phi) is 4.47. The first kappa shape index (κ1) is 17.5. The average molecular weight is 304 g/mol. The van der Waals surface area contributed by atoms with Gasteiger partial charge in [-0.15, -0.1) is 6.58 Å². The van der Waals surface area contributed by atoms with Crippen molar-refractivity contribution in [2.24, 2.45) is 22.7 Å². The van der Waals surface area contributed by atoms with E-state index in [-0.39, 0.29) is 16.7 Å². The van der Waals surface area contributed by atoms with Gasteiger partial charge in [0.1, 0.15) is 0 Å². The molecule has 124 valence electrons. The number of allylic oxidation sites excluding steroid dienone is 2. The summed E-state index contributed by atoms with van der Waals surface area (Å²) in [7, 11) is 0. The van der Waals surface area contributed by atoms with Crippen molar-refractivity contribution < 1.29 is 9.90 Å². The fourth-order valence-electron chi connectivity index (χ4n) is 5.22. The lowest BCUT2D eigenvalue weighted by atomic mass is 9.47. The van der Waals surface area contributed by atoms with Crippen LogP contribution in [0.15, 0.2) is 24.3 Å². The van der Waals surface area contributed by atoms with Crippen LogP contribution in [0.5, 0.6) is 0 Å². The molecule has 0 bridgehead atoms. The van der Waals surface area contributed by atoms with Gasteiger partial charge >= 0.3 is 0 Å². The predicted octanol–water partition coefficient (Wildman–Crippen LogP) is 4.68. The van der Waals surface area contributed by atoms with Gasteiger partial charge in [-0.2, -0.15) is 0 Å². The molecule has 1 fully saturated rings. The molecule has 2 heteroatoms. The first-order chi connectivity index (χ1) is 10.0. The van der Waals surface area contributed by atoms with E-state index in [0.717, 1.165) is 19.3 Å². The highest BCUT2D eigenvalue weighted by atomic mass is 16.3. The maximum Gasteiger partial charge on any atom is 0.159 e. The summed E-state index contributed by atoms with van der Waals surface area (Å²) in [6.45, 7) is 14.4. The van der Waals surface area contributed by atoms with Crippen LogP contribution in [0.2, 0.25) is 0 Å². The fraction of sp³-hybridized carbons (Fsp3) is 0.750. The molecule has 2 aliphatic rings.